The number of methoxy groups -OCH3 is 2. The zero-order valence-electron chi connectivity index (χ0n) is 16.0. The summed E-state index contributed by atoms with van der Waals surface area (Å²) < 4.78 is 15.7. The minimum atomic E-state index is -0.873. The number of ether oxygens (including phenoxy) is 3. The van der Waals surface area contributed by atoms with Gasteiger partial charge in [-0.25, -0.2) is 4.79 Å². The van der Waals surface area contributed by atoms with Crippen LogP contribution in [0.1, 0.15) is 35.3 Å². The van der Waals surface area contributed by atoms with Crippen LogP contribution in [0.15, 0.2) is 48.5 Å². The van der Waals surface area contributed by atoms with Crippen molar-refractivity contribution in [1.29, 1.82) is 0 Å². The summed E-state index contributed by atoms with van der Waals surface area (Å²) in [6, 6.07) is 12.6. The Morgan fingerprint density at radius 3 is 2.33 bits per heavy atom. The molecule has 2 rings (SSSR count). The third-order valence-electron chi connectivity index (χ3n) is 4.14. The molecular weight excluding hydrogens is 344 g/mol. The lowest BCUT2D eigenvalue weighted by Crippen LogP contribution is -2.23. The molecule has 0 aliphatic rings. The second-order valence-corrected chi connectivity index (χ2v) is 5.94. The van der Waals surface area contributed by atoms with E-state index in [-0.39, 0.29) is 5.78 Å². The van der Waals surface area contributed by atoms with Crippen LogP contribution in [0, 0.1) is 0 Å². The van der Waals surface area contributed by atoms with Crippen molar-refractivity contribution in [2.24, 2.45) is 0 Å². The molecule has 142 valence electrons. The zero-order valence-corrected chi connectivity index (χ0v) is 16.0. The van der Waals surface area contributed by atoms with Crippen molar-refractivity contribution in [3.63, 3.8) is 0 Å². The summed E-state index contributed by atoms with van der Waals surface area (Å²) in [5, 5.41) is 0. The fraction of sp³-hybridized carbons (Fsp3) is 0.273. The Bertz CT molecular complexity index is 821. The molecule has 5 heteroatoms. The molecule has 0 radical (unpaired) electrons. The smallest absolute Gasteiger partial charge is 0.331 e. The van der Waals surface area contributed by atoms with Crippen molar-refractivity contribution in [2.75, 3.05) is 14.2 Å². The predicted octanol–water partition coefficient (Wildman–Crippen LogP) is 4.09. The van der Waals surface area contributed by atoms with Gasteiger partial charge >= 0.3 is 5.97 Å². The molecule has 0 heterocycles. The average molecular weight is 368 g/mol. The van der Waals surface area contributed by atoms with Crippen LogP contribution in [0.2, 0.25) is 0 Å². The van der Waals surface area contributed by atoms with Crippen LogP contribution >= 0.6 is 0 Å². The van der Waals surface area contributed by atoms with Gasteiger partial charge in [0.05, 0.1) is 14.2 Å². The van der Waals surface area contributed by atoms with E-state index in [0.717, 1.165) is 12.0 Å². The number of ketones is 1. The predicted molar refractivity (Wildman–Crippen MR) is 104 cm³/mol. The standard InChI is InChI=1S/C22H24O5/c1-5-16-6-8-17(9-7-16)22(24)15(2)27-21(23)13-10-18-14-19(25-3)11-12-20(18)26-4/h6-15H,5H2,1-4H3/b13-10+/t15-/m0/s1. The zero-order chi connectivity index (χ0) is 19.8. The van der Waals surface area contributed by atoms with Gasteiger partial charge in [-0.3, -0.25) is 4.79 Å². The van der Waals surface area contributed by atoms with E-state index in [2.05, 4.69) is 0 Å². The first-order chi connectivity index (χ1) is 13.0. The first-order valence-corrected chi connectivity index (χ1v) is 8.72. The van der Waals surface area contributed by atoms with E-state index in [9.17, 15) is 9.59 Å². The fourth-order valence-corrected chi connectivity index (χ4v) is 2.53. The number of esters is 1. The fourth-order valence-electron chi connectivity index (χ4n) is 2.53. The van der Waals surface area contributed by atoms with Crippen LogP contribution in [0.25, 0.3) is 6.08 Å². The molecule has 27 heavy (non-hydrogen) atoms. The summed E-state index contributed by atoms with van der Waals surface area (Å²) >= 11 is 0. The Labute approximate surface area is 159 Å². The molecule has 0 aromatic heterocycles. The Hall–Kier alpha value is -3.08. The minimum absolute atomic E-state index is 0.238. The summed E-state index contributed by atoms with van der Waals surface area (Å²) in [6.07, 6.45) is 2.86. The van der Waals surface area contributed by atoms with Crippen LogP contribution in [-0.2, 0) is 16.0 Å². The van der Waals surface area contributed by atoms with Crippen LogP contribution in [0.3, 0.4) is 0 Å². The van der Waals surface area contributed by atoms with E-state index in [1.807, 2.05) is 19.1 Å². The van der Waals surface area contributed by atoms with Gasteiger partial charge < -0.3 is 14.2 Å². The summed E-state index contributed by atoms with van der Waals surface area (Å²) in [4.78, 5) is 24.5. The lowest BCUT2D eigenvalue weighted by molar-refractivity contribution is -0.140. The topological polar surface area (TPSA) is 61.8 Å². The number of carbonyl (C=O) groups is 2. The molecule has 0 aliphatic carbocycles. The largest absolute Gasteiger partial charge is 0.497 e. The maximum atomic E-state index is 12.4. The van der Waals surface area contributed by atoms with Gasteiger partial charge in [-0.2, -0.15) is 0 Å². The Morgan fingerprint density at radius 2 is 1.74 bits per heavy atom. The SMILES string of the molecule is CCc1ccc(C(=O)[C@H](C)OC(=O)/C=C/c2cc(OC)ccc2OC)cc1. The first-order valence-electron chi connectivity index (χ1n) is 8.72. The molecule has 2 aromatic carbocycles. The Kier molecular flexibility index (Phi) is 7.17. The number of hydrogen-bond acceptors (Lipinski definition) is 5. The number of Topliss-reactive ketones (excluding diaryl/α,β-unsaturated/α-hetero) is 1. The van der Waals surface area contributed by atoms with Gasteiger partial charge in [0.2, 0.25) is 5.78 Å². The van der Waals surface area contributed by atoms with Crippen LogP contribution in [-0.4, -0.2) is 32.1 Å². The summed E-state index contributed by atoms with van der Waals surface area (Å²) in [5.74, 6) is 0.396. The van der Waals surface area contributed by atoms with Crippen LogP contribution < -0.4 is 9.47 Å². The average Bonchev–Trinajstić information content (AvgIpc) is 2.71. The highest BCUT2D eigenvalue weighted by Gasteiger charge is 2.18. The summed E-state index contributed by atoms with van der Waals surface area (Å²) in [6.45, 7) is 3.61. The van der Waals surface area contributed by atoms with Crippen LogP contribution in [0.5, 0.6) is 11.5 Å². The summed E-state index contributed by atoms with van der Waals surface area (Å²) in [5.41, 5.74) is 2.33. The molecule has 0 amide bonds. The van der Waals surface area contributed by atoms with Crippen molar-refractivity contribution < 1.29 is 23.8 Å². The van der Waals surface area contributed by atoms with E-state index in [1.54, 1.807) is 57.6 Å². The highest BCUT2D eigenvalue weighted by Crippen LogP contribution is 2.25. The molecule has 0 fully saturated rings. The van der Waals surface area contributed by atoms with Crippen molar-refractivity contribution in [3.8, 4) is 11.5 Å². The number of aryl methyl sites for hydroxylation is 1. The van der Waals surface area contributed by atoms with Gasteiger partial charge in [0.25, 0.3) is 0 Å². The van der Waals surface area contributed by atoms with Gasteiger partial charge in [-0.1, -0.05) is 31.2 Å². The molecule has 0 bridgehead atoms. The Balaban J connectivity index is 2.03. The van der Waals surface area contributed by atoms with E-state index in [4.69, 9.17) is 14.2 Å². The lowest BCUT2D eigenvalue weighted by atomic mass is 10.0. The Morgan fingerprint density at radius 1 is 1.04 bits per heavy atom. The van der Waals surface area contributed by atoms with E-state index < -0.39 is 12.1 Å². The molecule has 0 saturated heterocycles. The molecule has 0 spiro atoms. The van der Waals surface area contributed by atoms with E-state index >= 15 is 0 Å². The van der Waals surface area contributed by atoms with E-state index in [1.165, 1.54) is 6.08 Å². The molecule has 0 aliphatic heterocycles. The third kappa shape index (κ3) is 5.45. The molecule has 2 aromatic rings. The van der Waals surface area contributed by atoms with Crippen molar-refractivity contribution in [2.45, 2.75) is 26.4 Å². The van der Waals surface area contributed by atoms with Gasteiger partial charge in [0.1, 0.15) is 11.5 Å². The number of rotatable bonds is 8. The van der Waals surface area contributed by atoms with Crippen molar-refractivity contribution in [1.82, 2.24) is 0 Å². The highest BCUT2D eigenvalue weighted by atomic mass is 16.5. The molecule has 1 atom stereocenters. The minimum Gasteiger partial charge on any atom is -0.497 e. The van der Waals surface area contributed by atoms with Crippen LogP contribution in [0.4, 0.5) is 0 Å². The number of carbonyl (C=O) groups excluding carboxylic acids is 2. The molecular formula is C22H24O5. The van der Waals surface area contributed by atoms with E-state index in [0.29, 0.717) is 22.6 Å². The lowest BCUT2D eigenvalue weighted by Gasteiger charge is -2.11. The normalized spacial score (nSPS) is 11.9. The second kappa shape index (κ2) is 9.57. The monoisotopic (exact) mass is 368 g/mol. The van der Waals surface area contributed by atoms with Crippen molar-refractivity contribution >= 4 is 17.8 Å². The maximum Gasteiger partial charge on any atom is 0.331 e. The molecule has 0 N–H and O–H groups in total. The van der Waals surface area contributed by atoms with Gasteiger partial charge in [-0.15, -0.1) is 0 Å². The van der Waals surface area contributed by atoms with Gasteiger partial charge in [-0.05, 0) is 43.2 Å². The van der Waals surface area contributed by atoms with Gasteiger partial charge in [0, 0.05) is 17.2 Å². The molecule has 0 saturated carbocycles. The maximum absolute atomic E-state index is 12.4. The number of benzene rings is 2. The van der Waals surface area contributed by atoms with Crippen molar-refractivity contribution in [3.05, 3.63) is 65.2 Å². The quantitative estimate of drug-likeness (QED) is 0.399. The molecule has 0 unspecified atom stereocenters. The van der Waals surface area contributed by atoms with Gasteiger partial charge in [0.15, 0.2) is 6.10 Å². The first kappa shape index (κ1) is 20.2. The highest BCUT2D eigenvalue weighted by molar-refractivity contribution is 6.01. The molecule has 5 nitrogen and oxygen atoms in total. The summed E-state index contributed by atoms with van der Waals surface area (Å²) in [7, 11) is 3.10. The second-order valence-electron chi connectivity index (χ2n) is 5.94. The third-order valence-corrected chi connectivity index (χ3v) is 4.14. The number of hydrogen-bond donors (Lipinski definition) is 0.